The third kappa shape index (κ3) is 3.38. The number of likely N-dealkylation sites (tertiary alicyclic amines) is 1. The van der Waals surface area contributed by atoms with Gasteiger partial charge in [0, 0.05) is 24.3 Å². The number of nitrogens with zero attached hydrogens (tertiary/aromatic N) is 1. The standard InChI is InChI=1S/C15H25N3O/c1-4-12-7-8-14(17-12)15(19)16-10-13-6-5-9-18(13)11(2)3/h7-8,11,13,17H,4-6,9-10H2,1-3H3,(H,16,19)/t13-/m0/s1. The fourth-order valence-corrected chi connectivity index (χ4v) is 2.84. The highest BCUT2D eigenvalue weighted by Gasteiger charge is 2.26. The van der Waals surface area contributed by atoms with Gasteiger partial charge < -0.3 is 10.3 Å². The molecule has 2 N–H and O–H groups in total. The Labute approximate surface area is 115 Å². The van der Waals surface area contributed by atoms with Gasteiger partial charge >= 0.3 is 0 Å². The van der Waals surface area contributed by atoms with Gasteiger partial charge in [-0.2, -0.15) is 0 Å². The number of hydrogen-bond acceptors (Lipinski definition) is 2. The molecule has 106 valence electrons. The fraction of sp³-hybridized carbons (Fsp3) is 0.667. The van der Waals surface area contributed by atoms with Gasteiger partial charge in [0.15, 0.2) is 0 Å². The third-order valence-electron chi connectivity index (χ3n) is 3.96. The lowest BCUT2D eigenvalue weighted by molar-refractivity contribution is 0.0931. The number of carbonyl (C=O) groups is 1. The van der Waals surface area contributed by atoms with Crippen LogP contribution in [0.4, 0.5) is 0 Å². The Morgan fingerprint density at radius 2 is 2.32 bits per heavy atom. The molecule has 4 nitrogen and oxygen atoms in total. The van der Waals surface area contributed by atoms with Gasteiger partial charge in [0.2, 0.25) is 0 Å². The van der Waals surface area contributed by atoms with Crippen molar-refractivity contribution in [3.8, 4) is 0 Å². The Kier molecular flexibility index (Phi) is 4.64. The minimum absolute atomic E-state index is 0.00954. The smallest absolute Gasteiger partial charge is 0.267 e. The van der Waals surface area contributed by atoms with Gasteiger partial charge in [-0.25, -0.2) is 0 Å². The molecule has 0 aliphatic carbocycles. The van der Waals surface area contributed by atoms with Crippen molar-refractivity contribution in [2.24, 2.45) is 0 Å². The molecule has 0 spiro atoms. The van der Waals surface area contributed by atoms with E-state index >= 15 is 0 Å². The zero-order valence-corrected chi connectivity index (χ0v) is 12.2. The van der Waals surface area contributed by atoms with E-state index in [2.05, 4.69) is 36.0 Å². The van der Waals surface area contributed by atoms with Crippen molar-refractivity contribution in [2.45, 2.75) is 52.1 Å². The van der Waals surface area contributed by atoms with Crippen LogP contribution in [-0.2, 0) is 6.42 Å². The SMILES string of the molecule is CCc1ccc(C(=O)NC[C@@H]2CCCN2C(C)C)[nH]1. The summed E-state index contributed by atoms with van der Waals surface area (Å²) in [5, 5.41) is 3.05. The summed E-state index contributed by atoms with van der Waals surface area (Å²) >= 11 is 0. The first-order valence-corrected chi connectivity index (χ1v) is 7.33. The molecule has 2 heterocycles. The van der Waals surface area contributed by atoms with Crippen LogP contribution in [0.2, 0.25) is 0 Å². The summed E-state index contributed by atoms with van der Waals surface area (Å²) in [7, 11) is 0. The van der Waals surface area contributed by atoms with Gasteiger partial charge in [-0.15, -0.1) is 0 Å². The van der Waals surface area contributed by atoms with E-state index in [0.29, 0.717) is 17.8 Å². The third-order valence-corrected chi connectivity index (χ3v) is 3.96. The Bertz CT molecular complexity index is 425. The van der Waals surface area contributed by atoms with Crippen molar-refractivity contribution in [1.29, 1.82) is 0 Å². The van der Waals surface area contributed by atoms with Crippen molar-refractivity contribution >= 4 is 5.91 Å². The number of aromatic amines is 1. The molecule has 1 fully saturated rings. The average molecular weight is 263 g/mol. The summed E-state index contributed by atoms with van der Waals surface area (Å²) in [5.74, 6) is 0.00954. The number of aryl methyl sites for hydroxylation is 1. The number of nitrogens with one attached hydrogen (secondary N) is 2. The van der Waals surface area contributed by atoms with E-state index in [1.54, 1.807) is 0 Å². The lowest BCUT2D eigenvalue weighted by Crippen LogP contribution is -2.43. The Morgan fingerprint density at radius 1 is 1.53 bits per heavy atom. The molecule has 0 aromatic carbocycles. The highest BCUT2D eigenvalue weighted by molar-refractivity contribution is 5.92. The van der Waals surface area contributed by atoms with E-state index in [9.17, 15) is 4.79 Å². The van der Waals surface area contributed by atoms with E-state index in [-0.39, 0.29) is 5.91 Å². The van der Waals surface area contributed by atoms with E-state index in [4.69, 9.17) is 0 Å². The van der Waals surface area contributed by atoms with Crippen LogP contribution in [0.15, 0.2) is 12.1 Å². The van der Waals surface area contributed by atoms with Gasteiger partial charge in [-0.05, 0) is 51.8 Å². The van der Waals surface area contributed by atoms with E-state index in [1.165, 1.54) is 12.8 Å². The second-order valence-corrected chi connectivity index (χ2v) is 5.59. The maximum Gasteiger partial charge on any atom is 0.267 e. The van der Waals surface area contributed by atoms with Crippen molar-refractivity contribution in [1.82, 2.24) is 15.2 Å². The monoisotopic (exact) mass is 263 g/mol. The first kappa shape index (κ1) is 14.1. The number of hydrogen-bond donors (Lipinski definition) is 2. The van der Waals surface area contributed by atoms with Gasteiger partial charge in [-0.1, -0.05) is 6.92 Å². The first-order valence-electron chi connectivity index (χ1n) is 7.33. The molecule has 0 saturated carbocycles. The highest BCUT2D eigenvalue weighted by Crippen LogP contribution is 2.19. The molecule has 1 aliphatic rings. The van der Waals surface area contributed by atoms with Crippen molar-refractivity contribution in [2.75, 3.05) is 13.1 Å². The molecule has 19 heavy (non-hydrogen) atoms. The van der Waals surface area contributed by atoms with Crippen LogP contribution in [-0.4, -0.2) is 41.0 Å². The maximum atomic E-state index is 12.0. The summed E-state index contributed by atoms with van der Waals surface area (Å²) in [5.41, 5.74) is 1.78. The largest absolute Gasteiger partial charge is 0.354 e. The summed E-state index contributed by atoms with van der Waals surface area (Å²) < 4.78 is 0. The van der Waals surface area contributed by atoms with Crippen LogP contribution in [0.3, 0.4) is 0 Å². The molecule has 1 aromatic rings. The number of H-pyrrole nitrogens is 1. The Hall–Kier alpha value is -1.29. The number of aromatic nitrogens is 1. The molecular formula is C15H25N3O. The van der Waals surface area contributed by atoms with Crippen LogP contribution < -0.4 is 5.32 Å². The normalized spacial score (nSPS) is 20.1. The van der Waals surface area contributed by atoms with Crippen LogP contribution >= 0.6 is 0 Å². The fourth-order valence-electron chi connectivity index (χ4n) is 2.84. The average Bonchev–Trinajstić information content (AvgIpc) is 3.04. The maximum absolute atomic E-state index is 12.0. The summed E-state index contributed by atoms with van der Waals surface area (Å²) in [4.78, 5) is 17.7. The van der Waals surface area contributed by atoms with Crippen LogP contribution in [0, 0.1) is 0 Å². The topological polar surface area (TPSA) is 48.1 Å². The van der Waals surface area contributed by atoms with Gasteiger partial charge in [0.1, 0.15) is 5.69 Å². The predicted octanol–water partition coefficient (Wildman–Crippen LogP) is 2.18. The summed E-state index contributed by atoms with van der Waals surface area (Å²) in [6.45, 7) is 8.42. The quantitative estimate of drug-likeness (QED) is 0.855. The van der Waals surface area contributed by atoms with Crippen LogP contribution in [0.25, 0.3) is 0 Å². The van der Waals surface area contributed by atoms with Crippen molar-refractivity contribution in [3.05, 3.63) is 23.5 Å². The molecule has 1 saturated heterocycles. The van der Waals surface area contributed by atoms with Crippen LogP contribution in [0.5, 0.6) is 0 Å². The Balaban J connectivity index is 1.86. The predicted molar refractivity (Wildman–Crippen MR) is 77.4 cm³/mol. The molecule has 0 bridgehead atoms. The number of amides is 1. The number of carbonyl (C=O) groups excluding carboxylic acids is 1. The molecule has 1 aromatic heterocycles. The van der Waals surface area contributed by atoms with E-state index < -0.39 is 0 Å². The van der Waals surface area contributed by atoms with Gasteiger partial charge in [0.25, 0.3) is 5.91 Å². The first-order chi connectivity index (χ1) is 9.11. The molecule has 0 radical (unpaired) electrons. The number of rotatable bonds is 5. The molecule has 0 unspecified atom stereocenters. The molecular weight excluding hydrogens is 238 g/mol. The lowest BCUT2D eigenvalue weighted by Gasteiger charge is -2.28. The second kappa shape index (κ2) is 6.24. The molecule has 4 heteroatoms. The second-order valence-electron chi connectivity index (χ2n) is 5.59. The van der Waals surface area contributed by atoms with Gasteiger partial charge in [-0.3, -0.25) is 9.69 Å². The molecule has 1 amide bonds. The minimum atomic E-state index is 0.00954. The van der Waals surface area contributed by atoms with E-state index in [1.807, 2.05) is 12.1 Å². The van der Waals surface area contributed by atoms with E-state index in [0.717, 1.165) is 25.2 Å². The molecule has 1 atom stereocenters. The van der Waals surface area contributed by atoms with Crippen LogP contribution in [0.1, 0.15) is 49.8 Å². The van der Waals surface area contributed by atoms with Gasteiger partial charge in [0.05, 0.1) is 0 Å². The van der Waals surface area contributed by atoms with Crippen molar-refractivity contribution < 1.29 is 4.79 Å². The summed E-state index contributed by atoms with van der Waals surface area (Å²) in [6.07, 6.45) is 3.35. The zero-order chi connectivity index (χ0) is 13.8. The van der Waals surface area contributed by atoms with Crippen molar-refractivity contribution in [3.63, 3.8) is 0 Å². The Morgan fingerprint density at radius 3 is 2.95 bits per heavy atom. The summed E-state index contributed by atoms with van der Waals surface area (Å²) in [6, 6.07) is 4.89. The lowest BCUT2D eigenvalue weighted by atomic mass is 10.2. The zero-order valence-electron chi connectivity index (χ0n) is 12.2. The minimum Gasteiger partial charge on any atom is -0.354 e. The molecule has 2 rings (SSSR count). The molecule has 1 aliphatic heterocycles. The highest BCUT2D eigenvalue weighted by atomic mass is 16.1.